The number of aromatic nitrogens is 3. The molecular formula is C22H20ClN5O. The van der Waals surface area contributed by atoms with E-state index in [0.717, 1.165) is 37.3 Å². The Labute approximate surface area is 173 Å². The summed E-state index contributed by atoms with van der Waals surface area (Å²) >= 11 is 6.05. The first kappa shape index (κ1) is 18.1. The number of pyridine rings is 1. The van der Waals surface area contributed by atoms with Gasteiger partial charge in [-0.15, -0.1) is 0 Å². The molecule has 3 heterocycles. The predicted octanol–water partition coefficient (Wildman–Crippen LogP) is 4.26. The molecule has 2 aromatic carbocycles. The van der Waals surface area contributed by atoms with Crippen molar-refractivity contribution < 1.29 is 4.52 Å². The van der Waals surface area contributed by atoms with Crippen molar-refractivity contribution in [3.8, 4) is 11.5 Å². The monoisotopic (exact) mass is 405 g/mol. The molecule has 0 atom stereocenters. The molecule has 0 saturated carbocycles. The highest BCUT2D eigenvalue weighted by atomic mass is 35.5. The summed E-state index contributed by atoms with van der Waals surface area (Å²) in [6.45, 7) is 4.46. The van der Waals surface area contributed by atoms with Crippen LogP contribution >= 0.6 is 11.6 Å². The van der Waals surface area contributed by atoms with Gasteiger partial charge >= 0.3 is 0 Å². The lowest BCUT2D eigenvalue weighted by Crippen LogP contribution is -2.46. The summed E-state index contributed by atoms with van der Waals surface area (Å²) in [6, 6.07) is 17.9. The average Bonchev–Trinajstić information content (AvgIpc) is 3.22. The van der Waals surface area contributed by atoms with Crippen LogP contribution in [0.15, 0.2) is 65.3 Å². The zero-order valence-electron chi connectivity index (χ0n) is 15.8. The van der Waals surface area contributed by atoms with Gasteiger partial charge < -0.3 is 9.42 Å². The number of nitrogens with zero attached hydrogens (tertiary/aromatic N) is 5. The van der Waals surface area contributed by atoms with Crippen molar-refractivity contribution in [1.29, 1.82) is 0 Å². The molecule has 0 unspecified atom stereocenters. The number of hydrogen-bond donors (Lipinski definition) is 0. The van der Waals surface area contributed by atoms with Crippen LogP contribution in [0.2, 0.25) is 5.02 Å². The fourth-order valence-corrected chi connectivity index (χ4v) is 3.95. The maximum absolute atomic E-state index is 6.05. The molecule has 1 aliphatic rings. The summed E-state index contributed by atoms with van der Waals surface area (Å²) < 4.78 is 5.42. The minimum Gasteiger partial charge on any atom is -0.368 e. The van der Waals surface area contributed by atoms with Gasteiger partial charge in [0.2, 0.25) is 0 Å². The fraction of sp³-hybridized carbons (Fsp3) is 0.227. The minimum absolute atomic E-state index is 0.504. The van der Waals surface area contributed by atoms with Gasteiger partial charge in [-0.2, -0.15) is 4.98 Å². The molecular weight excluding hydrogens is 386 g/mol. The third kappa shape index (κ3) is 3.81. The van der Waals surface area contributed by atoms with Crippen LogP contribution in [0.25, 0.3) is 22.4 Å². The highest BCUT2D eigenvalue weighted by Crippen LogP contribution is 2.26. The molecule has 6 nitrogen and oxygen atoms in total. The summed E-state index contributed by atoms with van der Waals surface area (Å²) in [4.78, 5) is 13.8. The van der Waals surface area contributed by atoms with Gasteiger partial charge in [-0.25, -0.2) is 0 Å². The van der Waals surface area contributed by atoms with E-state index in [1.54, 1.807) is 0 Å². The van der Waals surface area contributed by atoms with E-state index in [1.165, 1.54) is 11.1 Å². The van der Waals surface area contributed by atoms with E-state index < -0.39 is 0 Å². The van der Waals surface area contributed by atoms with Crippen molar-refractivity contribution in [3.05, 3.63) is 71.6 Å². The lowest BCUT2D eigenvalue weighted by molar-refractivity contribution is 0.240. The zero-order chi connectivity index (χ0) is 19.6. The molecule has 0 bridgehead atoms. The number of piperazine rings is 1. The van der Waals surface area contributed by atoms with Gasteiger partial charge in [-0.05, 0) is 30.3 Å². The topological polar surface area (TPSA) is 58.3 Å². The first-order chi connectivity index (χ1) is 14.3. The summed E-state index contributed by atoms with van der Waals surface area (Å²) in [6.07, 6.45) is 1.89. The number of rotatable bonds is 4. The molecule has 7 heteroatoms. The van der Waals surface area contributed by atoms with E-state index in [4.69, 9.17) is 16.1 Å². The van der Waals surface area contributed by atoms with Crippen molar-refractivity contribution in [3.63, 3.8) is 0 Å². The highest BCUT2D eigenvalue weighted by molar-refractivity contribution is 6.30. The van der Waals surface area contributed by atoms with E-state index in [-0.39, 0.29) is 0 Å². The van der Waals surface area contributed by atoms with Crippen LogP contribution in [0.4, 0.5) is 5.69 Å². The number of anilines is 1. The number of hydrogen-bond acceptors (Lipinski definition) is 6. The first-order valence-corrected chi connectivity index (χ1v) is 10.0. The standard InChI is InChI=1S/C22H20ClN5O/c23-17-5-3-4-16(14-17)22-25-21(26-29-22)15-27-10-12-28(13-11-27)20-8-9-24-19-7-2-1-6-18(19)20/h1-9,14H,10-13,15H2. The lowest BCUT2D eigenvalue weighted by Gasteiger charge is -2.36. The summed E-state index contributed by atoms with van der Waals surface area (Å²) in [7, 11) is 0. The normalized spacial score (nSPS) is 15.1. The predicted molar refractivity (Wildman–Crippen MR) is 114 cm³/mol. The highest BCUT2D eigenvalue weighted by Gasteiger charge is 2.20. The van der Waals surface area contributed by atoms with Crippen molar-refractivity contribution in [1.82, 2.24) is 20.0 Å². The van der Waals surface area contributed by atoms with Crippen LogP contribution in [0.3, 0.4) is 0 Å². The molecule has 0 spiro atoms. The Balaban J connectivity index is 1.25. The first-order valence-electron chi connectivity index (χ1n) is 9.66. The van der Waals surface area contributed by atoms with Gasteiger partial charge in [0.05, 0.1) is 12.1 Å². The Morgan fingerprint density at radius 2 is 1.83 bits per heavy atom. The van der Waals surface area contributed by atoms with Crippen LogP contribution in [-0.2, 0) is 6.54 Å². The number of benzene rings is 2. The summed E-state index contributed by atoms with van der Waals surface area (Å²) in [5.74, 6) is 1.20. The number of fused-ring (bicyclic) bond motifs is 1. The zero-order valence-corrected chi connectivity index (χ0v) is 16.6. The van der Waals surface area contributed by atoms with Crippen LogP contribution in [-0.4, -0.2) is 46.2 Å². The maximum Gasteiger partial charge on any atom is 0.258 e. The number of halogens is 1. The molecule has 0 radical (unpaired) electrons. The Bertz CT molecular complexity index is 1130. The molecule has 4 aromatic rings. The van der Waals surface area contributed by atoms with Gasteiger partial charge in [-0.1, -0.05) is 41.0 Å². The number of para-hydroxylation sites is 1. The smallest absolute Gasteiger partial charge is 0.258 e. The Morgan fingerprint density at radius 1 is 0.966 bits per heavy atom. The van der Waals surface area contributed by atoms with Crippen LogP contribution < -0.4 is 4.90 Å². The van der Waals surface area contributed by atoms with Crippen LogP contribution in [0.5, 0.6) is 0 Å². The van der Waals surface area contributed by atoms with E-state index in [9.17, 15) is 0 Å². The molecule has 2 aromatic heterocycles. The lowest BCUT2D eigenvalue weighted by atomic mass is 10.1. The van der Waals surface area contributed by atoms with Crippen molar-refractivity contribution in [2.24, 2.45) is 0 Å². The van der Waals surface area contributed by atoms with Gasteiger partial charge in [0.25, 0.3) is 5.89 Å². The minimum atomic E-state index is 0.504. The van der Waals surface area contributed by atoms with Crippen LogP contribution in [0, 0.1) is 0 Å². The van der Waals surface area contributed by atoms with Crippen molar-refractivity contribution >= 4 is 28.2 Å². The molecule has 1 aliphatic heterocycles. The second-order valence-corrected chi connectivity index (χ2v) is 7.57. The summed E-state index contributed by atoms with van der Waals surface area (Å²) in [5, 5.41) is 6.00. The Hall–Kier alpha value is -2.96. The van der Waals surface area contributed by atoms with Crippen molar-refractivity contribution in [2.75, 3.05) is 31.1 Å². The Morgan fingerprint density at radius 3 is 2.69 bits per heavy atom. The molecule has 0 amide bonds. The second-order valence-electron chi connectivity index (χ2n) is 7.14. The fourth-order valence-electron chi connectivity index (χ4n) is 3.76. The van der Waals surface area contributed by atoms with Gasteiger partial charge in [-0.3, -0.25) is 9.88 Å². The van der Waals surface area contributed by atoms with E-state index in [0.29, 0.717) is 23.3 Å². The molecule has 1 saturated heterocycles. The summed E-state index contributed by atoms with van der Waals surface area (Å²) in [5.41, 5.74) is 3.12. The van der Waals surface area contributed by atoms with E-state index >= 15 is 0 Å². The molecule has 5 rings (SSSR count). The third-order valence-corrected chi connectivity index (χ3v) is 5.48. The molecule has 0 N–H and O–H groups in total. The molecule has 1 fully saturated rings. The van der Waals surface area contributed by atoms with Crippen molar-refractivity contribution in [2.45, 2.75) is 6.54 Å². The SMILES string of the molecule is Clc1cccc(-c2nc(CN3CCN(c4ccnc5ccccc45)CC3)no2)c1. The van der Waals surface area contributed by atoms with Gasteiger partial charge in [0.15, 0.2) is 5.82 Å². The average molecular weight is 406 g/mol. The Kier molecular flexibility index (Phi) is 4.87. The van der Waals surface area contributed by atoms with Gasteiger partial charge in [0.1, 0.15) is 0 Å². The quantitative estimate of drug-likeness (QED) is 0.505. The second kappa shape index (κ2) is 7.81. The third-order valence-electron chi connectivity index (χ3n) is 5.24. The van der Waals surface area contributed by atoms with Crippen LogP contribution in [0.1, 0.15) is 5.82 Å². The largest absolute Gasteiger partial charge is 0.368 e. The maximum atomic E-state index is 6.05. The molecule has 29 heavy (non-hydrogen) atoms. The molecule has 0 aliphatic carbocycles. The van der Waals surface area contributed by atoms with Gasteiger partial charge in [0, 0.05) is 54.0 Å². The van der Waals surface area contributed by atoms with E-state index in [1.807, 2.05) is 36.5 Å². The molecule has 146 valence electrons. The van der Waals surface area contributed by atoms with E-state index in [2.05, 4.69) is 49.2 Å².